The molecule has 0 fully saturated rings. The first kappa shape index (κ1) is 10.6. The van der Waals surface area contributed by atoms with Crippen LogP contribution in [0.4, 0.5) is 0 Å². The Hall–Kier alpha value is -1.87. The van der Waals surface area contributed by atoms with Crippen LogP contribution in [0.3, 0.4) is 0 Å². The molecule has 4 heteroatoms. The fraction of sp³-hybridized carbons (Fsp3) is 0. The van der Waals surface area contributed by atoms with Crippen LogP contribution in [0.15, 0.2) is 36.5 Å². The second-order valence-corrected chi connectivity index (χ2v) is 3.65. The highest BCUT2D eigenvalue weighted by Crippen LogP contribution is 2.22. The van der Waals surface area contributed by atoms with Crippen LogP contribution < -0.4 is 0 Å². The monoisotopic (exact) mass is 233 g/mol. The Balaban J connectivity index is 2.51. The summed E-state index contributed by atoms with van der Waals surface area (Å²) >= 11 is 6.01. The van der Waals surface area contributed by atoms with Gasteiger partial charge in [0.05, 0.1) is 10.5 Å². The number of rotatable bonds is 2. The first-order valence-electron chi connectivity index (χ1n) is 4.62. The molecule has 80 valence electrons. The molecule has 0 atom stereocenters. The molecule has 2 aromatic rings. The number of halogens is 1. The van der Waals surface area contributed by atoms with E-state index in [1.807, 2.05) is 12.1 Å². The van der Waals surface area contributed by atoms with Crippen molar-refractivity contribution in [3.8, 4) is 0 Å². The van der Waals surface area contributed by atoms with E-state index in [1.54, 1.807) is 18.3 Å². The maximum absolute atomic E-state index is 10.4. The first-order valence-corrected chi connectivity index (χ1v) is 5.00. The van der Waals surface area contributed by atoms with Gasteiger partial charge in [0.2, 0.25) is 0 Å². The van der Waals surface area contributed by atoms with Gasteiger partial charge < -0.3 is 5.11 Å². The molecule has 2 rings (SSSR count). The van der Waals surface area contributed by atoms with Crippen molar-refractivity contribution in [2.45, 2.75) is 0 Å². The van der Waals surface area contributed by atoms with Gasteiger partial charge in [0.15, 0.2) is 0 Å². The normalized spacial score (nSPS) is 11.1. The van der Waals surface area contributed by atoms with Crippen LogP contribution in [0.5, 0.6) is 0 Å². The van der Waals surface area contributed by atoms with Crippen molar-refractivity contribution in [2.75, 3.05) is 0 Å². The number of hydrogen-bond donors (Lipinski definition) is 1. The summed E-state index contributed by atoms with van der Waals surface area (Å²) in [6.45, 7) is 0. The van der Waals surface area contributed by atoms with Crippen molar-refractivity contribution < 1.29 is 9.90 Å². The van der Waals surface area contributed by atoms with Crippen molar-refractivity contribution in [2.24, 2.45) is 0 Å². The van der Waals surface area contributed by atoms with Crippen molar-refractivity contribution in [3.63, 3.8) is 0 Å². The standard InChI is InChI=1S/C12H8ClNO2/c13-10-5-6-14-11-3-1-8(7-9(10)11)2-4-12(15)16/h1-7H,(H,15,16)/b4-2+. The zero-order valence-electron chi connectivity index (χ0n) is 8.22. The molecule has 0 aliphatic carbocycles. The van der Waals surface area contributed by atoms with Gasteiger partial charge in [-0.3, -0.25) is 4.98 Å². The Morgan fingerprint density at radius 3 is 2.94 bits per heavy atom. The third kappa shape index (κ3) is 2.20. The van der Waals surface area contributed by atoms with E-state index in [2.05, 4.69) is 4.98 Å². The summed E-state index contributed by atoms with van der Waals surface area (Å²) in [5, 5.41) is 9.94. The van der Waals surface area contributed by atoms with Gasteiger partial charge in [-0.2, -0.15) is 0 Å². The van der Waals surface area contributed by atoms with Crippen molar-refractivity contribution in [3.05, 3.63) is 47.1 Å². The molecule has 16 heavy (non-hydrogen) atoms. The molecular weight excluding hydrogens is 226 g/mol. The summed E-state index contributed by atoms with van der Waals surface area (Å²) in [6.07, 6.45) is 4.24. The Labute approximate surface area is 97.0 Å². The lowest BCUT2D eigenvalue weighted by molar-refractivity contribution is -0.131. The second kappa shape index (κ2) is 4.33. The van der Waals surface area contributed by atoms with E-state index in [9.17, 15) is 4.79 Å². The fourth-order valence-corrected chi connectivity index (χ4v) is 1.61. The van der Waals surface area contributed by atoms with Gasteiger partial charge in [0, 0.05) is 17.7 Å². The summed E-state index contributed by atoms with van der Waals surface area (Å²) in [4.78, 5) is 14.5. The lowest BCUT2D eigenvalue weighted by Gasteiger charge is -2.00. The molecule has 1 aromatic heterocycles. The largest absolute Gasteiger partial charge is 0.478 e. The molecule has 0 saturated heterocycles. The van der Waals surface area contributed by atoms with E-state index in [0.29, 0.717) is 5.02 Å². The average molecular weight is 234 g/mol. The number of fused-ring (bicyclic) bond motifs is 1. The maximum atomic E-state index is 10.4. The van der Waals surface area contributed by atoms with Gasteiger partial charge in [-0.25, -0.2) is 4.79 Å². The SMILES string of the molecule is O=C(O)/C=C/c1ccc2nccc(Cl)c2c1. The smallest absolute Gasteiger partial charge is 0.328 e. The average Bonchev–Trinajstić information content (AvgIpc) is 2.27. The summed E-state index contributed by atoms with van der Waals surface area (Å²) in [5.74, 6) is -0.975. The van der Waals surface area contributed by atoms with Gasteiger partial charge in [-0.15, -0.1) is 0 Å². The van der Waals surface area contributed by atoms with Crippen LogP contribution in [-0.4, -0.2) is 16.1 Å². The molecule has 1 aromatic carbocycles. The molecule has 0 saturated carbocycles. The van der Waals surface area contributed by atoms with Crippen LogP contribution in [0, 0.1) is 0 Å². The molecule has 0 spiro atoms. The van der Waals surface area contributed by atoms with E-state index >= 15 is 0 Å². The lowest BCUT2D eigenvalue weighted by atomic mass is 10.1. The van der Waals surface area contributed by atoms with E-state index in [4.69, 9.17) is 16.7 Å². The third-order valence-electron chi connectivity index (χ3n) is 2.13. The Kier molecular flexibility index (Phi) is 2.88. The number of pyridine rings is 1. The van der Waals surface area contributed by atoms with E-state index in [1.165, 1.54) is 6.08 Å². The van der Waals surface area contributed by atoms with Crippen molar-refractivity contribution in [1.82, 2.24) is 4.98 Å². The topological polar surface area (TPSA) is 50.2 Å². The summed E-state index contributed by atoms with van der Waals surface area (Å²) in [6, 6.07) is 7.12. The molecule has 0 aliphatic rings. The van der Waals surface area contributed by atoms with Crippen molar-refractivity contribution in [1.29, 1.82) is 0 Å². The lowest BCUT2D eigenvalue weighted by Crippen LogP contribution is -1.86. The summed E-state index contributed by atoms with van der Waals surface area (Å²) in [7, 11) is 0. The molecule has 0 aliphatic heterocycles. The van der Waals surface area contributed by atoms with Crippen LogP contribution >= 0.6 is 11.6 Å². The van der Waals surface area contributed by atoms with Crippen LogP contribution in [0.25, 0.3) is 17.0 Å². The van der Waals surface area contributed by atoms with Crippen molar-refractivity contribution >= 4 is 34.5 Å². The number of carboxylic acid groups (broad SMARTS) is 1. The van der Waals surface area contributed by atoms with Gasteiger partial charge in [-0.1, -0.05) is 17.7 Å². The Morgan fingerprint density at radius 2 is 2.19 bits per heavy atom. The highest BCUT2D eigenvalue weighted by Gasteiger charge is 2.00. The number of carboxylic acids is 1. The number of nitrogens with zero attached hydrogens (tertiary/aromatic N) is 1. The van der Waals surface area contributed by atoms with Crippen LogP contribution in [0.1, 0.15) is 5.56 Å². The molecule has 0 radical (unpaired) electrons. The number of aromatic nitrogens is 1. The van der Waals surface area contributed by atoms with Crippen LogP contribution in [-0.2, 0) is 4.79 Å². The first-order chi connectivity index (χ1) is 7.66. The van der Waals surface area contributed by atoms with E-state index in [0.717, 1.165) is 22.5 Å². The van der Waals surface area contributed by atoms with Gasteiger partial charge in [0.1, 0.15) is 0 Å². The zero-order chi connectivity index (χ0) is 11.5. The number of hydrogen-bond acceptors (Lipinski definition) is 2. The second-order valence-electron chi connectivity index (χ2n) is 3.24. The number of benzene rings is 1. The minimum Gasteiger partial charge on any atom is -0.478 e. The molecule has 0 amide bonds. The van der Waals surface area contributed by atoms with Gasteiger partial charge >= 0.3 is 5.97 Å². The predicted molar refractivity (Wildman–Crippen MR) is 63.4 cm³/mol. The Bertz CT molecular complexity index is 578. The quantitative estimate of drug-likeness (QED) is 0.812. The minimum atomic E-state index is -0.975. The van der Waals surface area contributed by atoms with Gasteiger partial charge in [0.25, 0.3) is 0 Å². The van der Waals surface area contributed by atoms with Crippen LogP contribution in [0.2, 0.25) is 5.02 Å². The fourth-order valence-electron chi connectivity index (χ4n) is 1.40. The summed E-state index contributed by atoms with van der Waals surface area (Å²) in [5.41, 5.74) is 1.57. The zero-order valence-corrected chi connectivity index (χ0v) is 8.98. The molecule has 1 heterocycles. The number of aliphatic carboxylic acids is 1. The third-order valence-corrected chi connectivity index (χ3v) is 2.46. The Morgan fingerprint density at radius 1 is 1.38 bits per heavy atom. The highest BCUT2D eigenvalue weighted by atomic mass is 35.5. The highest BCUT2D eigenvalue weighted by molar-refractivity contribution is 6.35. The molecule has 3 nitrogen and oxygen atoms in total. The predicted octanol–water partition coefficient (Wildman–Crippen LogP) is 2.99. The molecular formula is C12H8ClNO2. The summed E-state index contributed by atoms with van der Waals surface area (Å²) < 4.78 is 0. The minimum absolute atomic E-state index is 0.607. The maximum Gasteiger partial charge on any atom is 0.328 e. The number of carbonyl (C=O) groups is 1. The van der Waals surface area contributed by atoms with E-state index in [-0.39, 0.29) is 0 Å². The van der Waals surface area contributed by atoms with E-state index < -0.39 is 5.97 Å². The molecule has 0 unspecified atom stereocenters. The molecule has 0 bridgehead atoms. The molecule has 1 N–H and O–H groups in total. The van der Waals surface area contributed by atoms with Gasteiger partial charge in [-0.05, 0) is 29.8 Å².